The third-order valence-corrected chi connectivity index (χ3v) is 5.46. The molecule has 21 heavy (non-hydrogen) atoms. The summed E-state index contributed by atoms with van der Waals surface area (Å²) in [7, 11) is -2.21. The molecule has 0 saturated carbocycles. The minimum absolute atomic E-state index is 0.0305. The Hall–Kier alpha value is -1.27. The highest BCUT2D eigenvalue weighted by Crippen LogP contribution is 2.27. The molecule has 0 bridgehead atoms. The van der Waals surface area contributed by atoms with E-state index >= 15 is 0 Å². The van der Waals surface area contributed by atoms with Crippen LogP contribution in [0.5, 0.6) is 0 Å². The number of hydrogen-bond acceptors (Lipinski definition) is 3. The Balaban J connectivity index is 2.30. The lowest BCUT2D eigenvalue weighted by Crippen LogP contribution is -2.26. The van der Waals surface area contributed by atoms with Gasteiger partial charge in [-0.25, -0.2) is 8.42 Å². The molecule has 2 aromatic rings. The van der Waals surface area contributed by atoms with Gasteiger partial charge in [0.1, 0.15) is 4.90 Å². The fourth-order valence-electron chi connectivity index (χ4n) is 1.87. The molecular formula is C14H14Cl2N2O2S. The number of hydrogen-bond donors (Lipinski definition) is 1. The first-order valence-electron chi connectivity index (χ1n) is 6.06. The fourth-order valence-corrected chi connectivity index (χ4v) is 3.77. The molecule has 0 aliphatic rings. The Labute approximate surface area is 134 Å². The zero-order chi connectivity index (χ0) is 15.6. The van der Waals surface area contributed by atoms with Gasteiger partial charge in [0.15, 0.2) is 0 Å². The zero-order valence-electron chi connectivity index (χ0n) is 11.3. The standard InChI is InChI=1S/C14H14Cl2N2O2S/c1-18(9-10-3-2-4-11(15)7-10)21(19,20)14-6-5-12(17)8-13(14)16/h2-8H,9,17H2,1H3. The molecule has 0 amide bonds. The monoisotopic (exact) mass is 344 g/mol. The largest absolute Gasteiger partial charge is 0.399 e. The summed E-state index contributed by atoms with van der Waals surface area (Å²) in [6, 6.07) is 11.4. The van der Waals surface area contributed by atoms with Gasteiger partial charge in [0.2, 0.25) is 10.0 Å². The molecule has 0 unspecified atom stereocenters. The van der Waals surface area contributed by atoms with E-state index in [9.17, 15) is 8.42 Å². The van der Waals surface area contributed by atoms with Crippen molar-refractivity contribution in [1.29, 1.82) is 0 Å². The van der Waals surface area contributed by atoms with E-state index in [1.54, 1.807) is 18.2 Å². The first-order chi connectivity index (χ1) is 9.80. The van der Waals surface area contributed by atoms with Crippen LogP contribution in [-0.4, -0.2) is 19.8 Å². The number of nitrogens with two attached hydrogens (primary N) is 1. The van der Waals surface area contributed by atoms with E-state index in [0.717, 1.165) is 5.56 Å². The van der Waals surface area contributed by atoms with Crippen molar-refractivity contribution in [2.75, 3.05) is 12.8 Å². The molecule has 0 aliphatic heterocycles. The number of halogens is 2. The molecule has 0 aromatic heterocycles. The number of nitrogens with zero attached hydrogens (tertiary/aromatic N) is 1. The van der Waals surface area contributed by atoms with Gasteiger partial charge in [-0.15, -0.1) is 0 Å². The van der Waals surface area contributed by atoms with Crippen LogP contribution in [0.1, 0.15) is 5.56 Å². The molecular weight excluding hydrogens is 331 g/mol. The van der Waals surface area contributed by atoms with Gasteiger partial charge in [0, 0.05) is 24.3 Å². The summed E-state index contributed by atoms with van der Waals surface area (Å²) >= 11 is 11.9. The van der Waals surface area contributed by atoms with Crippen LogP contribution < -0.4 is 5.73 Å². The molecule has 4 nitrogen and oxygen atoms in total. The van der Waals surface area contributed by atoms with E-state index in [4.69, 9.17) is 28.9 Å². The van der Waals surface area contributed by atoms with Crippen LogP contribution in [0, 0.1) is 0 Å². The molecule has 0 atom stereocenters. The van der Waals surface area contributed by atoms with Gasteiger partial charge < -0.3 is 5.73 Å². The first kappa shape index (κ1) is 16.1. The summed E-state index contributed by atoms with van der Waals surface area (Å²) in [6.07, 6.45) is 0. The smallest absolute Gasteiger partial charge is 0.244 e. The van der Waals surface area contributed by atoms with Gasteiger partial charge in [0.25, 0.3) is 0 Å². The molecule has 2 N–H and O–H groups in total. The number of benzene rings is 2. The van der Waals surface area contributed by atoms with E-state index in [1.807, 2.05) is 6.07 Å². The van der Waals surface area contributed by atoms with Crippen LogP contribution in [0.4, 0.5) is 5.69 Å². The van der Waals surface area contributed by atoms with Crippen molar-refractivity contribution in [2.24, 2.45) is 0 Å². The van der Waals surface area contributed by atoms with Gasteiger partial charge in [-0.1, -0.05) is 35.3 Å². The summed E-state index contributed by atoms with van der Waals surface area (Å²) in [5.41, 5.74) is 6.78. The molecule has 7 heteroatoms. The Bertz CT molecular complexity index is 763. The van der Waals surface area contributed by atoms with E-state index in [1.165, 1.54) is 29.6 Å². The average Bonchev–Trinajstić information content (AvgIpc) is 2.38. The van der Waals surface area contributed by atoms with Crippen molar-refractivity contribution in [2.45, 2.75) is 11.4 Å². The molecule has 2 aromatic carbocycles. The van der Waals surface area contributed by atoms with Crippen LogP contribution in [0.25, 0.3) is 0 Å². The van der Waals surface area contributed by atoms with Crippen LogP contribution in [-0.2, 0) is 16.6 Å². The summed E-state index contributed by atoms with van der Waals surface area (Å²) in [4.78, 5) is 0.0305. The highest BCUT2D eigenvalue weighted by Gasteiger charge is 2.23. The van der Waals surface area contributed by atoms with E-state index in [0.29, 0.717) is 10.7 Å². The Morgan fingerprint density at radius 2 is 1.86 bits per heavy atom. The van der Waals surface area contributed by atoms with Crippen molar-refractivity contribution in [3.63, 3.8) is 0 Å². The van der Waals surface area contributed by atoms with E-state index in [2.05, 4.69) is 0 Å². The van der Waals surface area contributed by atoms with Crippen molar-refractivity contribution >= 4 is 38.9 Å². The van der Waals surface area contributed by atoms with E-state index in [-0.39, 0.29) is 16.5 Å². The van der Waals surface area contributed by atoms with Gasteiger partial charge >= 0.3 is 0 Å². The normalized spacial score (nSPS) is 11.8. The third kappa shape index (κ3) is 3.68. The van der Waals surface area contributed by atoms with Crippen molar-refractivity contribution in [3.8, 4) is 0 Å². The van der Waals surface area contributed by atoms with Crippen LogP contribution in [0.3, 0.4) is 0 Å². The van der Waals surface area contributed by atoms with Crippen LogP contribution in [0.15, 0.2) is 47.4 Å². The van der Waals surface area contributed by atoms with Gasteiger partial charge in [0.05, 0.1) is 5.02 Å². The van der Waals surface area contributed by atoms with Crippen molar-refractivity contribution in [3.05, 3.63) is 58.1 Å². The minimum Gasteiger partial charge on any atom is -0.399 e. The zero-order valence-corrected chi connectivity index (χ0v) is 13.6. The summed E-state index contributed by atoms with van der Waals surface area (Å²) in [5, 5.41) is 0.664. The molecule has 0 saturated heterocycles. The second-order valence-corrected chi connectivity index (χ2v) is 7.44. The van der Waals surface area contributed by atoms with Gasteiger partial charge in [-0.2, -0.15) is 4.31 Å². The lowest BCUT2D eigenvalue weighted by molar-refractivity contribution is 0.467. The average molecular weight is 345 g/mol. The fraction of sp³-hybridized carbons (Fsp3) is 0.143. The second kappa shape index (κ2) is 6.23. The molecule has 0 spiro atoms. The lowest BCUT2D eigenvalue weighted by Gasteiger charge is -2.18. The SMILES string of the molecule is CN(Cc1cccc(Cl)c1)S(=O)(=O)c1ccc(N)cc1Cl. The van der Waals surface area contributed by atoms with Gasteiger partial charge in [-0.05, 0) is 35.9 Å². The number of anilines is 1. The summed E-state index contributed by atoms with van der Waals surface area (Å²) < 4.78 is 26.3. The minimum atomic E-state index is -3.69. The second-order valence-electron chi connectivity index (χ2n) is 4.58. The topological polar surface area (TPSA) is 63.4 Å². The Morgan fingerprint density at radius 1 is 1.14 bits per heavy atom. The molecule has 0 heterocycles. The summed E-state index contributed by atoms with van der Waals surface area (Å²) in [5.74, 6) is 0. The van der Waals surface area contributed by atoms with E-state index < -0.39 is 10.0 Å². The molecule has 2 rings (SSSR count). The number of sulfonamides is 1. The molecule has 0 aliphatic carbocycles. The maximum Gasteiger partial charge on any atom is 0.244 e. The molecule has 112 valence electrons. The summed E-state index contributed by atoms with van der Waals surface area (Å²) in [6.45, 7) is 0.198. The number of rotatable bonds is 4. The molecule has 0 radical (unpaired) electrons. The predicted octanol–water partition coefficient (Wildman–Crippen LogP) is 3.40. The molecule has 0 fully saturated rings. The quantitative estimate of drug-likeness (QED) is 0.864. The maximum atomic E-state index is 12.5. The first-order valence-corrected chi connectivity index (χ1v) is 8.26. The Morgan fingerprint density at radius 3 is 2.48 bits per heavy atom. The predicted molar refractivity (Wildman–Crippen MR) is 86.0 cm³/mol. The number of nitrogen functional groups attached to an aromatic ring is 1. The van der Waals surface area contributed by atoms with Gasteiger partial charge in [-0.3, -0.25) is 0 Å². The van der Waals surface area contributed by atoms with Crippen molar-refractivity contribution < 1.29 is 8.42 Å². The Kier molecular flexibility index (Phi) is 4.78. The van der Waals surface area contributed by atoms with Crippen molar-refractivity contribution in [1.82, 2.24) is 4.31 Å². The maximum absolute atomic E-state index is 12.5. The highest BCUT2D eigenvalue weighted by atomic mass is 35.5. The van der Waals surface area contributed by atoms with Crippen LogP contribution in [0.2, 0.25) is 10.0 Å². The highest BCUT2D eigenvalue weighted by molar-refractivity contribution is 7.89. The third-order valence-electron chi connectivity index (χ3n) is 2.94. The lowest BCUT2D eigenvalue weighted by atomic mass is 10.2. The van der Waals surface area contributed by atoms with Crippen LogP contribution >= 0.6 is 23.2 Å².